The summed E-state index contributed by atoms with van der Waals surface area (Å²) < 4.78 is 25.3. The molecule has 3 nitrogen and oxygen atoms in total. The Balaban J connectivity index is 3.98. The first-order valence-corrected chi connectivity index (χ1v) is 3.77. The number of carbonyl (C=O) groups excluding carboxylic acids is 2. The molecule has 0 radical (unpaired) electrons. The number of Topliss-reactive ketones (excluding diaryl/α,β-unsaturated/α-hetero) is 1. The van der Waals surface area contributed by atoms with Crippen molar-refractivity contribution >= 4 is 11.8 Å². The molecule has 0 bridgehead atoms. The Morgan fingerprint density at radius 1 is 1.33 bits per heavy atom. The Morgan fingerprint density at radius 3 is 2.33 bits per heavy atom. The highest BCUT2D eigenvalue weighted by Crippen LogP contribution is 2.08. The predicted octanol–water partition coefficient (Wildman–Crippen LogP) is 1.70. The lowest BCUT2D eigenvalue weighted by atomic mass is 10.2. The van der Waals surface area contributed by atoms with E-state index in [1.165, 1.54) is 0 Å². The summed E-state index contributed by atoms with van der Waals surface area (Å²) in [5, 5.41) is 0. The molecule has 0 aliphatic heterocycles. The van der Waals surface area contributed by atoms with E-state index in [1.54, 1.807) is 20.8 Å². The van der Waals surface area contributed by atoms with Crippen molar-refractivity contribution in [1.29, 1.82) is 0 Å². The van der Waals surface area contributed by atoms with E-state index in [9.17, 15) is 9.59 Å². The van der Waals surface area contributed by atoms with Crippen LogP contribution in [0.25, 0.3) is 0 Å². The summed E-state index contributed by atoms with van der Waals surface area (Å²) in [6, 6.07) is 0. The topological polar surface area (TPSA) is 43.4 Å². The van der Waals surface area contributed by atoms with Gasteiger partial charge >= 0.3 is 5.97 Å². The van der Waals surface area contributed by atoms with Crippen molar-refractivity contribution in [3.05, 3.63) is 0 Å². The SMILES string of the molecule is [2H]C([2H])([2H])C(=O)CCC(=O)OC(C)(C)C. The zero-order chi connectivity index (χ0) is 12.3. The quantitative estimate of drug-likeness (QED) is 0.613. The van der Waals surface area contributed by atoms with E-state index in [0.717, 1.165) is 0 Å². The Hall–Kier alpha value is -0.860. The largest absolute Gasteiger partial charge is 0.460 e. The molecule has 12 heavy (non-hydrogen) atoms. The van der Waals surface area contributed by atoms with Crippen molar-refractivity contribution in [2.75, 3.05) is 0 Å². The zero-order valence-electron chi connectivity index (χ0n) is 10.6. The molecule has 3 heteroatoms. The van der Waals surface area contributed by atoms with Gasteiger partial charge in [0.05, 0.1) is 6.42 Å². The summed E-state index contributed by atoms with van der Waals surface area (Å²) in [7, 11) is 0. The highest BCUT2D eigenvalue weighted by atomic mass is 16.6. The van der Waals surface area contributed by atoms with Crippen molar-refractivity contribution < 1.29 is 18.4 Å². The van der Waals surface area contributed by atoms with E-state index in [2.05, 4.69) is 0 Å². The lowest BCUT2D eigenvalue weighted by molar-refractivity contribution is -0.155. The average Bonchev–Trinajstić information content (AvgIpc) is 1.94. The molecule has 0 aromatic heterocycles. The summed E-state index contributed by atoms with van der Waals surface area (Å²) in [5.41, 5.74) is -0.611. The number of carbonyl (C=O) groups is 2. The molecule has 70 valence electrons. The maximum absolute atomic E-state index is 11.1. The molecule has 0 amide bonds. The molecule has 0 saturated heterocycles. The normalized spacial score (nSPS) is 15.8. The van der Waals surface area contributed by atoms with Crippen LogP contribution in [-0.4, -0.2) is 17.4 Å². The van der Waals surface area contributed by atoms with Crippen LogP contribution in [0.5, 0.6) is 0 Å². The van der Waals surface area contributed by atoms with Gasteiger partial charge in [-0.05, 0) is 27.6 Å². The first-order valence-electron chi connectivity index (χ1n) is 5.27. The van der Waals surface area contributed by atoms with E-state index in [1.807, 2.05) is 0 Å². The summed E-state index contributed by atoms with van der Waals surface area (Å²) >= 11 is 0. The molecule has 0 aliphatic rings. The van der Waals surface area contributed by atoms with Crippen LogP contribution < -0.4 is 0 Å². The Kier molecular flexibility index (Phi) is 2.34. The van der Waals surface area contributed by atoms with E-state index in [0.29, 0.717) is 0 Å². The first kappa shape index (κ1) is 6.63. The highest BCUT2D eigenvalue weighted by Gasteiger charge is 2.15. The minimum Gasteiger partial charge on any atom is -0.460 e. The fourth-order valence-corrected chi connectivity index (χ4v) is 0.608. The molecule has 0 saturated carbocycles. The summed E-state index contributed by atoms with van der Waals surface area (Å²) in [6.07, 6.45) is -0.486. The standard InChI is InChI=1S/C9H16O3/c1-7(10)5-6-8(11)12-9(2,3)4/h5-6H2,1-4H3/i1D3. The fourth-order valence-electron chi connectivity index (χ4n) is 0.608. The Morgan fingerprint density at radius 2 is 1.92 bits per heavy atom. The van der Waals surface area contributed by atoms with Crippen LogP contribution in [0.3, 0.4) is 0 Å². The minimum absolute atomic E-state index is 0.186. The van der Waals surface area contributed by atoms with Gasteiger partial charge in [-0.2, -0.15) is 0 Å². The lowest BCUT2D eigenvalue weighted by Crippen LogP contribution is -2.23. The molecular formula is C9H16O3. The molecule has 0 aromatic rings. The van der Waals surface area contributed by atoms with Gasteiger partial charge < -0.3 is 9.53 Å². The molecule has 0 N–H and O–H groups in total. The van der Waals surface area contributed by atoms with Gasteiger partial charge in [0.25, 0.3) is 0 Å². The van der Waals surface area contributed by atoms with Crippen molar-refractivity contribution in [2.24, 2.45) is 0 Å². The van der Waals surface area contributed by atoms with E-state index in [-0.39, 0.29) is 12.8 Å². The van der Waals surface area contributed by atoms with Crippen LogP contribution in [0.2, 0.25) is 0 Å². The summed E-state index contributed by atoms with van der Waals surface area (Å²) in [6.45, 7) is 2.49. The molecule has 0 aliphatic carbocycles. The maximum Gasteiger partial charge on any atom is 0.306 e. The number of ether oxygens (including phenoxy) is 1. The van der Waals surface area contributed by atoms with Crippen molar-refractivity contribution in [2.45, 2.75) is 46.1 Å². The molecule has 0 unspecified atom stereocenters. The minimum atomic E-state index is -2.62. The van der Waals surface area contributed by atoms with Crippen LogP contribution in [-0.2, 0) is 14.3 Å². The van der Waals surface area contributed by atoms with Gasteiger partial charge in [0.15, 0.2) is 0 Å². The second kappa shape index (κ2) is 4.24. The molecule has 0 heterocycles. The van der Waals surface area contributed by atoms with Crippen molar-refractivity contribution in [3.63, 3.8) is 0 Å². The number of rotatable bonds is 3. The summed E-state index contributed by atoms with van der Waals surface area (Å²) in [4.78, 5) is 22.1. The van der Waals surface area contributed by atoms with Gasteiger partial charge in [0.2, 0.25) is 0 Å². The Labute approximate surface area is 77.3 Å². The second-order valence-electron chi connectivity index (χ2n) is 3.51. The van der Waals surface area contributed by atoms with Crippen LogP contribution in [0, 0.1) is 0 Å². The third kappa shape index (κ3) is 7.25. The van der Waals surface area contributed by atoms with E-state index >= 15 is 0 Å². The van der Waals surface area contributed by atoms with Crippen LogP contribution in [0.15, 0.2) is 0 Å². The highest BCUT2D eigenvalue weighted by molar-refractivity contribution is 5.81. The second-order valence-corrected chi connectivity index (χ2v) is 3.51. The molecule has 0 rings (SSSR count). The molecule has 0 fully saturated rings. The van der Waals surface area contributed by atoms with Gasteiger partial charge in [-0.1, -0.05) is 0 Å². The van der Waals surface area contributed by atoms with E-state index < -0.39 is 24.2 Å². The molecule has 0 aromatic carbocycles. The van der Waals surface area contributed by atoms with Gasteiger partial charge in [-0.15, -0.1) is 0 Å². The monoisotopic (exact) mass is 175 g/mol. The lowest BCUT2D eigenvalue weighted by Gasteiger charge is -2.19. The third-order valence-corrected chi connectivity index (χ3v) is 0.976. The summed E-state index contributed by atoms with van der Waals surface area (Å²) in [5.74, 6) is -1.46. The smallest absolute Gasteiger partial charge is 0.306 e. The zero-order valence-corrected chi connectivity index (χ0v) is 7.64. The van der Waals surface area contributed by atoms with Gasteiger partial charge in [-0.3, -0.25) is 4.79 Å². The van der Waals surface area contributed by atoms with Gasteiger partial charge in [-0.25, -0.2) is 0 Å². The first-order chi connectivity index (χ1) is 6.52. The number of esters is 1. The molecular weight excluding hydrogens is 156 g/mol. The maximum atomic E-state index is 11.1. The van der Waals surface area contributed by atoms with Crippen molar-refractivity contribution in [1.82, 2.24) is 0 Å². The third-order valence-electron chi connectivity index (χ3n) is 0.976. The molecule has 0 atom stereocenters. The van der Waals surface area contributed by atoms with E-state index in [4.69, 9.17) is 8.85 Å². The van der Waals surface area contributed by atoms with Crippen molar-refractivity contribution in [3.8, 4) is 0 Å². The Bertz CT molecular complexity index is 250. The average molecular weight is 175 g/mol. The number of hydrogen-bond donors (Lipinski definition) is 0. The van der Waals surface area contributed by atoms with Crippen LogP contribution in [0.1, 0.15) is 44.6 Å². The van der Waals surface area contributed by atoms with Gasteiger partial charge in [0.1, 0.15) is 11.4 Å². The number of hydrogen-bond acceptors (Lipinski definition) is 3. The van der Waals surface area contributed by atoms with Crippen LogP contribution >= 0.6 is 0 Å². The fraction of sp³-hybridized carbons (Fsp3) is 0.778. The predicted molar refractivity (Wildman–Crippen MR) is 45.8 cm³/mol. The molecule has 0 spiro atoms. The van der Waals surface area contributed by atoms with Crippen LogP contribution in [0.4, 0.5) is 0 Å². The number of ketones is 1. The van der Waals surface area contributed by atoms with Gasteiger partial charge in [0, 0.05) is 10.5 Å².